The molecule has 0 spiro atoms. The maximum atomic E-state index is 13.2. The van der Waals surface area contributed by atoms with E-state index >= 15 is 0 Å². The molecule has 0 heterocycles. The van der Waals surface area contributed by atoms with Crippen LogP contribution in [-0.4, -0.2) is 126 Å². The summed E-state index contributed by atoms with van der Waals surface area (Å²) in [6.45, 7) is 10.6. The number of benzene rings is 2. The number of rotatable bonds is 24. The lowest BCUT2D eigenvalue weighted by molar-refractivity contribution is -0.199. The number of esters is 8. The van der Waals surface area contributed by atoms with E-state index in [1.54, 1.807) is 19.2 Å². The van der Waals surface area contributed by atoms with E-state index in [4.69, 9.17) is 63.1 Å². The van der Waals surface area contributed by atoms with Gasteiger partial charge in [0, 0.05) is 81.6 Å². The third kappa shape index (κ3) is 27.5. The Balaban J connectivity index is 0. The fourth-order valence-corrected chi connectivity index (χ4v) is 6.39. The number of nitrogens with two attached hydrogens (primary N) is 2. The van der Waals surface area contributed by atoms with E-state index in [1.807, 2.05) is 36.4 Å². The zero-order chi connectivity index (χ0) is 55.4. The number of amides is 1. The predicted octanol–water partition coefficient (Wildman–Crippen LogP) is 1.82. The largest absolute Gasteiger partial charge is 0.454 e. The Morgan fingerprint density at radius 1 is 0.438 bits per heavy atom. The van der Waals surface area contributed by atoms with Gasteiger partial charge < -0.3 is 60.0 Å². The van der Waals surface area contributed by atoms with E-state index in [1.165, 1.54) is 0 Å². The molecule has 0 saturated heterocycles. The molecule has 2 aromatic carbocycles. The molecular weight excluding hydrogens is 1010 g/mol. The van der Waals surface area contributed by atoms with Gasteiger partial charge in [-0.05, 0) is 59.4 Å². The summed E-state index contributed by atoms with van der Waals surface area (Å²) in [5, 5.41) is 2.97. The summed E-state index contributed by atoms with van der Waals surface area (Å²) in [5.41, 5.74) is 14.8. The molecule has 0 aliphatic heterocycles. The Morgan fingerprint density at radius 3 is 1.01 bits per heavy atom. The van der Waals surface area contributed by atoms with Crippen LogP contribution in [0.4, 0.5) is 0 Å². The summed E-state index contributed by atoms with van der Waals surface area (Å²) in [6.07, 6.45) is -15.0. The molecule has 24 nitrogen and oxygen atoms in total. The van der Waals surface area contributed by atoms with Crippen LogP contribution in [0.2, 0.25) is 0 Å². The van der Waals surface area contributed by atoms with Crippen molar-refractivity contribution in [2.45, 2.75) is 145 Å². The van der Waals surface area contributed by atoms with Crippen LogP contribution in [0.25, 0.3) is 0 Å². The summed E-state index contributed by atoms with van der Waals surface area (Å²) in [7, 11) is 1.79. The summed E-state index contributed by atoms with van der Waals surface area (Å²) in [5.74, 6) is -9.37. The van der Waals surface area contributed by atoms with Crippen molar-refractivity contribution in [2.75, 3.05) is 7.05 Å². The summed E-state index contributed by atoms with van der Waals surface area (Å²) >= 11 is 10.7. The highest BCUT2D eigenvalue weighted by Crippen LogP contribution is 2.24. The standard InChI is InChI=1S/C24H32N2O10.C14H16Cl2O10.C8H12N2.CH4/c1-13(27)20(33-14(2)28)21(34-15(3)29)22(35-16(4)30)23(36-17(5)31)24(32)26-12-19-9-7-8-18(10-19)11-25-6;1-5(17)23-9(11(13(15)21)25-7(3)19)10(24-6(2)18)12(14(16)22)26-8(4)20;9-5-7-2-1-3-8(4-7)6-10;/h7-10,20-23,25H,11-12H2,1-6H3,(H,26,32);9-12H,1-4H3;1-4H,5-6,9-10H2;1H4/t20-,21-,22+,23-;9-,10-,11-,12+;;/m10../s1. The van der Waals surface area contributed by atoms with Crippen LogP contribution < -0.4 is 22.1 Å². The van der Waals surface area contributed by atoms with Gasteiger partial charge >= 0.3 is 47.8 Å². The maximum Gasteiger partial charge on any atom is 0.303 e. The Morgan fingerprint density at radius 2 is 0.712 bits per heavy atom. The van der Waals surface area contributed by atoms with Crippen LogP contribution in [0.3, 0.4) is 0 Å². The zero-order valence-corrected chi connectivity index (χ0v) is 42.7. The zero-order valence-electron chi connectivity index (χ0n) is 41.1. The molecule has 2 rings (SSSR count). The van der Waals surface area contributed by atoms with Gasteiger partial charge in [0.05, 0.1) is 0 Å². The molecule has 0 saturated carbocycles. The van der Waals surface area contributed by atoms with Gasteiger partial charge in [0.2, 0.25) is 18.3 Å². The second kappa shape index (κ2) is 35.3. The van der Waals surface area contributed by atoms with E-state index in [0.29, 0.717) is 19.6 Å². The smallest absolute Gasteiger partial charge is 0.303 e. The maximum absolute atomic E-state index is 13.2. The Hall–Kier alpha value is -6.86. The first kappa shape index (κ1) is 68.2. The SMILES string of the molecule is C.CC(=O)O[C@@H]([C@H](OC(C)=O)[C@@H](OC(C)=O)C(=O)Cl)[C@H](OC(C)=O)C(=O)Cl.CNCc1cccc(CNC(=O)[C@H](OC(C)=O)[C@@H](OC(C)=O)[C@H](OC(C)=O)[C@H](OC(C)=O)C(C)=O)c1.NCc1cccc(CN)c1. The van der Waals surface area contributed by atoms with E-state index in [-0.39, 0.29) is 14.0 Å². The Labute approximate surface area is 432 Å². The van der Waals surface area contributed by atoms with Crippen LogP contribution in [0, 0.1) is 0 Å². The molecule has 1 amide bonds. The first-order valence-electron chi connectivity index (χ1n) is 21.3. The van der Waals surface area contributed by atoms with E-state index < -0.39 is 119 Å². The van der Waals surface area contributed by atoms with Gasteiger partial charge in [-0.25, -0.2) is 0 Å². The third-order valence-corrected chi connectivity index (χ3v) is 9.06. The summed E-state index contributed by atoms with van der Waals surface area (Å²) in [6, 6.07) is 15.3. The van der Waals surface area contributed by atoms with Crippen LogP contribution in [-0.2, 0) is 122 Å². The lowest BCUT2D eigenvalue weighted by Gasteiger charge is -2.34. The highest BCUT2D eigenvalue weighted by atomic mass is 35.5. The number of hydrogen-bond donors (Lipinski definition) is 4. The molecule has 0 fully saturated rings. The minimum atomic E-state index is -1.98. The minimum absolute atomic E-state index is 0. The summed E-state index contributed by atoms with van der Waals surface area (Å²) in [4.78, 5) is 141. The molecule has 73 heavy (non-hydrogen) atoms. The van der Waals surface area contributed by atoms with Gasteiger partial charge in [0.25, 0.3) is 16.4 Å². The lowest BCUT2D eigenvalue weighted by atomic mass is 9.98. The molecule has 26 heteroatoms. The van der Waals surface area contributed by atoms with Crippen molar-refractivity contribution in [3.8, 4) is 0 Å². The van der Waals surface area contributed by atoms with Crippen molar-refractivity contribution < 1.29 is 95.4 Å². The summed E-state index contributed by atoms with van der Waals surface area (Å²) < 4.78 is 39.6. The van der Waals surface area contributed by atoms with E-state index in [9.17, 15) is 57.5 Å². The van der Waals surface area contributed by atoms with Gasteiger partial charge in [0.15, 0.2) is 36.3 Å². The van der Waals surface area contributed by atoms with E-state index in [0.717, 1.165) is 84.6 Å². The van der Waals surface area contributed by atoms with Crippen molar-refractivity contribution >= 4 is 93.1 Å². The van der Waals surface area contributed by atoms with E-state index in [2.05, 4.69) is 20.1 Å². The van der Waals surface area contributed by atoms with Crippen LogP contribution in [0.15, 0.2) is 48.5 Å². The van der Waals surface area contributed by atoms with Crippen LogP contribution in [0.1, 0.15) is 92.0 Å². The topological polar surface area (TPSA) is 355 Å². The number of hydrogen-bond acceptors (Lipinski definition) is 23. The first-order valence-corrected chi connectivity index (χ1v) is 22.1. The highest BCUT2D eigenvalue weighted by molar-refractivity contribution is 6.65. The molecule has 0 radical (unpaired) electrons. The minimum Gasteiger partial charge on any atom is -0.454 e. The van der Waals surface area contributed by atoms with Crippen LogP contribution >= 0.6 is 23.2 Å². The molecule has 8 atom stereocenters. The predicted molar refractivity (Wildman–Crippen MR) is 257 cm³/mol. The van der Waals surface area contributed by atoms with Crippen molar-refractivity contribution in [2.24, 2.45) is 11.5 Å². The fourth-order valence-electron chi connectivity index (χ4n) is 6.05. The lowest BCUT2D eigenvalue weighted by Crippen LogP contribution is -2.57. The van der Waals surface area contributed by atoms with Crippen molar-refractivity contribution in [3.05, 3.63) is 70.8 Å². The normalized spacial score (nSPS) is 13.5. The Bertz CT molecular complexity index is 2170. The number of ether oxygens (including phenoxy) is 8. The molecule has 0 aromatic heterocycles. The van der Waals surface area contributed by atoms with Gasteiger partial charge in [0.1, 0.15) is 0 Å². The second-order valence-electron chi connectivity index (χ2n) is 14.9. The molecule has 2 aromatic rings. The first-order chi connectivity index (χ1) is 33.6. The average molecular weight is 1080 g/mol. The molecule has 0 bridgehead atoms. The second-order valence-corrected chi connectivity index (χ2v) is 15.7. The van der Waals surface area contributed by atoms with Gasteiger partial charge in [-0.2, -0.15) is 0 Å². The molecule has 0 unspecified atom stereocenters. The number of nitrogens with one attached hydrogen (secondary N) is 2. The van der Waals surface area contributed by atoms with Crippen molar-refractivity contribution in [1.82, 2.24) is 10.6 Å². The Kier molecular flexibility index (Phi) is 33.0. The average Bonchev–Trinajstić information content (AvgIpc) is 3.27. The third-order valence-electron chi connectivity index (χ3n) is 8.63. The van der Waals surface area contributed by atoms with Gasteiger partial charge in [-0.1, -0.05) is 56.0 Å². The molecule has 0 aliphatic rings. The monoisotopic (exact) mass is 1070 g/mol. The molecule has 406 valence electrons. The number of carbonyl (C=O) groups is 12. The quantitative estimate of drug-likeness (QED) is 0.0662. The fraction of sp³-hybridized carbons (Fsp3) is 0.489. The number of ketones is 1. The van der Waals surface area contributed by atoms with Crippen molar-refractivity contribution in [1.29, 1.82) is 0 Å². The molecule has 0 aliphatic carbocycles. The highest BCUT2D eigenvalue weighted by Gasteiger charge is 2.49. The van der Waals surface area contributed by atoms with Gasteiger partial charge in [-0.3, -0.25) is 57.5 Å². The molecule has 6 N–H and O–H groups in total. The number of Topliss-reactive ketones (excluding diaryl/α,β-unsaturated/α-hetero) is 1. The number of halogens is 2. The van der Waals surface area contributed by atoms with Gasteiger partial charge in [-0.15, -0.1) is 0 Å². The number of carbonyl (C=O) groups excluding carboxylic acids is 12. The van der Waals surface area contributed by atoms with Crippen LogP contribution in [0.5, 0.6) is 0 Å². The molecular formula is C47H64Cl2N4O20. The van der Waals surface area contributed by atoms with Crippen molar-refractivity contribution in [3.63, 3.8) is 0 Å².